The molecule has 1 aliphatic heterocycles. The Hall–Kier alpha value is -2.72. The molecule has 0 saturated carbocycles. The van der Waals surface area contributed by atoms with E-state index in [1.54, 1.807) is 26.8 Å². The van der Waals surface area contributed by atoms with Crippen LogP contribution in [0.4, 0.5) is 5.69 Å². The topological polar surface area (TPSA) is 134 Å². The Balaban J connectivity index is 2.70. The second kappa shape index (κ2) is 11.6. The standard InChI is InChI=1S/C21H27N3O6S/c1-4-29-20(25)17-13(3)23-16(12-31-10-9-22)19(21(26)30-5-2)18(17)14-7-6-8-15(11-14)24(27)28/h6-8,11,17-18H,4-5,9-10,12,22H2,1-3H3. The molecule has 9 nitrogen and oxygen atoms in total. The van der Waals surface area contributed by atoms with E-state index in [0.717, 1.165) is 0 Å². The molecule has 1 aliphatic rings. The van der Waals surface area contributed by atoms with Crippen LogP contribution in [0.5, 0.6) is 0 Å². The fourth-order valence-corrected chi connectivity index (χ4v) is 4.20. The van der Waals surface area contributed by atoms with Gasteiger partial charge in [0.25, 0.3) is 5.69 Å². The van der Waals surface area contributed by atoms with Crippen LogP contribution in [-0.4, -0.2) is 53.8 Å². The number of nitro benzene ring substituents is 1. The number of nitro groups is 1. The lowest BCUT2D eigenvalue weighted by molar-refractivity contribution is -0.384. The second-order valence-electron chi connectivity index (χ2n) is 6.73. The van der Waals surface area contributed by atoms with E-state index in [1.165, 1.54) is 30.0 Å². The summed E-state index contributed by atoms with van der Waals surface area (Å²) < 4.78 is 10.5. The van der Waals surface area contributed by atoms with Crippen LogP contribution in [0.1, 0.15) is 32.3 Å². The summed E-state index contributed by atoms with van der Waals surface area (Å²) in [6, 6.07) is 5.92. The monoisotopic (exact) mass is 449 g/mol. The second-order valence-corrected chi connectivity index (χ2v) is 7.84. The molecule has 0 amide bonds. The van der Waals surface area contributed by atoms with Gasteiger partial charge in [-0.25, -0.2) is 4.79 Å². The summed E-state index contributed by atoms with van der Waals surface area (Å²) in [6.45, 7) is 5.83. The minimum atomic E-state index is -0.899. The summed E-state index contributed by atoms with van der Waals surface area (Å²) in [4.78, 5) is 41.3. The molecule has 2 atom stereocenters. The van der Waals surface area contributed by atoms with Crippen LogP contribution in [0, 0.1) is 16.0 Å². The molecule has 2 N–H and O–H groups in total. The molecule has 1 aromatic carbocycles. The van der Waals surface area contributed by atoms with Gasteiger partial charge in [0.1, 0.15) is 5.92 Å². The third-order valence-corrected chi connectivity index (χ3v) is 5.70. The number of carbonyl (C=O) groups is 2. The number of carbonyl (C=O) groups excluding carboxylic acids is 2. The van der Waals surface area contributed by atoms with E-state index in [4.69, 9.17) is 15.2 Å². The maximum absolute atomic E-state index is 13.0. The highest BCUT2D eigenvalue weighted by Crippen LogP contribution is 2.41. The van der Waals surface area contributed by atoms with E-state index in [0.29, 0.717) is 35.0 Å². The predicted molar refractivity (Wildman–Crippen MR) is 119 cm³/mol. The van der Waals surface area contributed by atoms with Gasteiger partial charge in [-0.15, -0.1) is 0 Å². The zero-order valence-electron chi connectivity index (χ0n) is 17.8. The summed E-state index contributed by atoms with van der Waals surface area (Å²) in [6.07, 6.45) is 0. The lowest BCUT2D eigenvalue weighted by atomic mass is 9.75. The highest BCUT2D eigenvalue weighted by Gasteiger charge is 2.43. The molecule has 0 fully saturated rings. The summed E-state index contributed by atoms with van der Waals surface area (Å²) >= 11 is 1.50. The van der Waals surface area contributed by atoms with Crippen molar-refractivity contribution in [2.24, 2.45) is 16.6 Å². The largest absolute Gasteiger partial charge is 0.465 e. The molecule has 0 radical (unpaired) electrons. The third-order valence-electron chi connectivity index (χ3n) is 4.69. The first-order valence-corrected chi connectivity index (χ1v) is 11.1. The fraction of sp³-hybridized carbons (Fsp3) is 0.476. The van der Waals surface area contributed by atoms with Gasteiger partial charge in [0, 0.05) is 41.8 Å². The Morgan fingerprint density at radius 3 is 2.58 bits per heavy atom. The Morgan fingerprint density at radius 2 is 1.97 bits per heavy atom. The minimum absolute atomic E-state index is 0.137. The van der Waals surface area contributed by atoms with E-state index in [1.807, 2.05) is 0 Å². The Labute approximate surface area is 185 Å². The molecule has 1 heterocycles. The van der Waals surface area contributed by atoms with E-state index in [9.17, 15) is 19.7 Å². The first kappa shape index (κ1) is 24.5. The molecule has 2 rings (SSSR count). The van der Waals surface area contributed by atoms with E-state index in [2.05, 4.69) is 4.99 Å². The van der Waals surface area contributed by atoms with E-state index < -0.39 is 28.7 Å². The van der Waals surface area contributed by atoms with Crippen LogP contribution in [0.25, 0.3) is 0 Å². The number of ether oxygens (including phenoxy) is 2. The van der Waals surface area contributed by atoms with Crippen LogP contribution in [-0.2, 0) is 19.1 Å². The third kappa shape index (κ3) is 5.92. The maximum Gasteiger partial charge on any atom is 0.336 e. The van der Waals surface area contributed by atoms with Gasteiger partial charge in [-0.3, -0.25) is 19.9 Å². The Morgan fingerprint density at radius 1 is 1.26 bits per heavy atom. The maximum atomic E-state index is 13.0. The summed E-state index contributed by atoms with van der Waals surface area (Å²) in [5.41, 5.74) is 7.07. The normalized spacial score (nSPS) is 18.4. The van der Waals surface area contributed by atoms with Gasteiger partial charge >= 0.3 is 11.9 Å². The van der Waals surface area contributed by atoms with Crippen molar-refractivity contribution in [3.8, 4) is 0 Å². The van der Waals surface area contributed by atoms with Crippen LogP contribution in [0.15, 0.2) is 40.5 Å². The van der Waals surface area contributed by atoms with Crippen molar-refractivity contribution in [1.29, 1.82) is 0 Å². The number of thioether (sulfide) groups is 1. The molecule has 0 spiro atoms. The molecule has 2 unspecified atom stereocenters. The molecule has 168 valence electrons. The molecule has 0 aromatic heterocycles. The zero-order chi connectivity index (χ0) is 23.0. The quantitative estimate of drug-likeness (QED) is 0.249. The fourth-order valence-electron chi connectivity index (χ4n) is 3.48. The van der Waals surface area contributed by atoms with E-state index in [-0.39, 0.29) is 24.5 Å². The SMILES string of the molecule is CCOC(=O)C1=C(CSCCN)N=C(C)C(C(=O)OCC)C1c1cccc([N+](=O)[O-])c1. The highest BCUT2D eigenvalue weighted by atomic mass is 32.2. The van der Waals surface area contributed by atoms with Gasteiger partial charge in [0.2, 0.25) is 0 Å². The average Bonchev–Trinajstić information content (AvgIpc) is 2.73. The zero-order valence-corrected chi connectivity index (χ0v) is 18.6. The highest BCUT2D eigenvalue weighted by molar-refractivity contribution is 7.99. The van der Waals surface area contributed by atoms with Crippen molar-refractivity contribution in [2.45, 2.75) is 26.7 Å². The first-order valence-electron chi connectivity index (χ1n) is 9.99. The number of non-ortho nitro benzene ring substituents is 1. The van der Waals surface area contributed by atoms with Gasteiger partial charge in [0.15, 0.2) is 0 Å². The van der Waals surface area contributed by atoms with Gasteiger partial charge in [-0.2, -0.15) is 11.8 Å². The lowest BCUT2D eigenvalue weighted by Crippen LogP contribution is -2.37. The molecule has 0 bridgehead atoms. The number of benzene rings is 1. The van der Waals surface area contributed by atoms with Gasteiger partial charge in [-0.05, 0) is 26.3 Å². The molecular formula is C21H27N3O6S. The molecular weight excluding hydrogens is 422 g/mol. The molecule has 1 aromatic rings. The summed E-state index contributed by atoms with van der Waals surface area (Å²) in [7, 11) is 0. The number of nitrogens with two attached hydrogens (primary N) is 1. The average molecular weight is 450 g/mol. The summed E-state index contributed by atoms with van der Waals surface area (Å²) in [5.74, 6) is -1.81. The van der Waals surface area contributed by atoms with Crippen molar-refractivity contribution in [2.75, 3.05) is 31.3 Å². The van der Waals surface area contributed by atoms with Crippen molar-refractivity contribution in [3.05, 3.63) is 51.2 Å². The van der Waals surface area contributed by atoms with Crippen molar-refractivity contribution in [3.63, 3.8) is 0 Å². The predicted octanol–water partition coefficient (Wildman–Crippen LogP) is 2.84. The van der Waals surface area contributed by atoms with Crippen LogP contribution < -0.4 is 5.73 Å². The van der Waals surface area contributed by atoms with Crippen molar-refractivity contribution in [1.82, 2.24) is 0 Å². The molecule has 31 heavy (non-hydrogen) atoms. The number of nitrogens with zero attached hydrogens (tertiary/aromatic N) is 2. The number of rotatable bonds is 10. The van der Waals surface area contributed by atoms with Gasteiger partial charge in [0.05, 0.1) is 29.4 Å². The lowest BCUT2D eigenvalue weighted by Gasteiger charge is -2.32. The van der Waals surface area contributed by atoms with Crippen LogP contribution in [0.3, 0.4) is 0 Å². The minimum Gasteiger partial charge on any atom is -0.465 e. The van der Waals surface area contributed by atoms with Crippen LogP contribution >= 0.6 is 11.8 Å². The van der Waals surface area contributed by atoms with Gasteiger partial charge in [-0.1, -0.05) is 12.1 Å². The van der Waals surface area contributed by atoms with Crippen LogP contribution in [0.2, 0.25) is 0 Å². The number of hydrogen-bond donors (Lipinski definition) is 1. The van der Waals surface area contributed by atoms with Crippen molar-refractivity contribution >= 4 is 35.1 Å². The van der Waals surface area contributed by atoms with E-state index >= 15 is 0 Å². The molecule has 0 saturated heterocycles. The Kier molecular flexibility index (Phi) is 9.20. The smallest absolute Gasteiger partial charge is 0.336 e. The molecule has 10 heteroatoms. The van der Waals surface area contributed by atoms with Crippen molar-refractivity contribution < 1.29 is 24.0 Å². The number of aliphatic imine (C=N–C) groups is 1. The van der Waals surface area contributed by atoms with Gasteiger partial charge < -0.3 is 15.2 Å². The Bertz CT molecular complexity index is 899. The first-order chi connectivity index (χ1) is 14.8. The molecule has 0 aliphatic carbocycles. The summed E-state index contributed by atoms with van der Waals surface area (Å²) in [5, 5.41) is 11.3. The number of esters is 2. The number of hydrogen-bond acceptors (Lipinski definition) is 9.